The van der Waals surface area contributed by atoms with E-state index in [0.29, 0.717) is 18.0 Å². The number of benzene rings is 1. The van der Waals surface area contributed by atoms with Crippen LogP contribution in [0.2, 0.25) is 0 Å². The number of carbonyl (C=O) groups is 1. The summed E-state index contributed by atoms with van der Waals surface area (Å²) in [6.07, 6.45) is 1.38. The molecule has 0 aliphatic carbocycles. The van der Waals surface area contributed by atoms with Crippen molar-refractivity contribution in [3.8, 4) is 0 Å². The molecule has 1 heterocycles. The van der Waals surface area contributed by atoms with E-state index < -0.39 is 0 Å². The van der Waals surface area contributed by atoms with E-state index in [1.807, 2.05) is 0 Å². The molecule has 1 aliphatic rings. The average molecular weight is 248 g/mol. The lowest BCUT2D eigenvalue weighted by Crippen LogP contribution is -2.26. The number of amides is 1. The first-order valence-corrected chi connectivity index (χ1v) is 5.92. The standard InChI is InChI=1S/C13H16N2O3/c1-9(15-17)10-4-6-11(7-5-10)14-13(16)12-3-2-8-18-12/h4-7,12,17H,2-3,8H2,1H3,(H,14,16)/b15-9+. The van der Waals surface area contributed by atoms with E-state index >= 15 is 0 Å². The van der Waals surface area contributed by atoms with Crippen LogP contribution >= 0.6 is 0 Å². The molecule has 1 fully saturated rings. The number of nitrogens with zero attached hydrogens (tertiary/aromatic N) is 1. The second-order valence-electron chi connectivity index (χ2n) is 4.25. The van der Waals surface area contributed by atoms with Gasteiger partial charge in [-0.25, -0.2) is 0 Å². The van der Waals surface area contributed by atoms with Crippen LogP contribution in [0.25, 0.3) is 0 Å². The van der Waals surface area contributed by atoms with E-state index in [1.165, 1.54) is 0 Å². The average Bonchev–Trinajstić information content (AvgIpc) is 2.92. The van der Waals surface area contributed by atoms with Crippen LogP contribution in [0.5, 0.6) is 0 Å². The summed E-state index contributed by atoms with van der Waals surface area (Å²) in [7, 11) is 0. The molecule has 1 saturated heterocycles. The highest BCUT2D eigenvalue weighted by molar-refractivity contribution is 5.99. The molecule has 0 aromatic heterocycles. The third-order valence-electron chi connectivity index (χ3n) is 2.94. The molecule has 2 rings (SSSR count). The van der Waals surface area contributed by atoms with Crippen LogP contribution in [-0.2, 0) is 9.53 Å². The molecule has 2 N–H and O–H groups in total. The van der Waals surface area contributed by atoms with Gasteiger partial charge in [0.1, 0.15) is 6.10 Å². The summed E-state index contributed by atoms with van der Waals surface area (Å²) in [5.74, 6) is -0.104. The van der Waals surface area contributed by atoms with Crippen LogP contribution in [0, 0.1) is 0 Å². The number of hydrogen-bond acceptors (Lipinski definition) is 4. The molecule has 1 aromatic carbocycles. The van der Waals surface area contributed by atoms with Gasteiger partial charge in [-0.05, 0) is 37.5 Å². The van der Waals surface area contributed by atoms with Gasteiger partial charge in [-0.15, -0.1) is 0 Å². The summed E-state index contributed by atoms with van der Waals surface area (Å²) in [4.78, 5) is 11.8. The fourth-order valence-corrected chi connectivity index (χ4v) is 1.86. The number of oxime groups is 1. The Bertz CT molecular complexity index is 448. The van der Waals surface area contributed by atoms with E-state index in [2.05, 4.69) is 10.5 Å². The zero-order valence-corrected chi connectivity index (χ0v) is 10.2. The van der Waals surface area contributed by atoms with Crippen LogP contribution in [0.4, 0.5) is 5.69 Å². The maximum atomic E-state index is 11.8. The minimum absolute atomic E-state index is 0.104. The lowest BCUT2D eigenvalue weighted by atomic mass is 10.1. The molecular weight excluding hydrogens is 232 g/mol. The third kappa shape index (κ3) is 2.87. The lowest BCUT2D eigenvalue weighted by Gasteiger charge is -2.10. The van der Waals surface area contributed by atoms with Gasteiger partial charge >= 0.3 is 0 Å². The molecule has 5 heteroatoms. The van der Waals surface area contributed by atoms with Crippen LogP contribution in [-0.4, -0.2) is 29.5 Å². The van der Waals surface area contributed by atoms with Crippen molar-refractivity contribution in [2.45, 2.75) is 25.9 Å². The predicted octanol–water partition coefficient (Wildman–Crippen LogP) is 2.00. The zero-order valence-electron chi connectivity index (χ0n) is 10.2. The van der Waals surface area contributed by atoms with Crippen molar-refractivity contribution in [1.29, 1.82) is 0 Å². The van der Waals surface area contributed by atoms with Gasteiger partial charge in [0, 0.05) is 12.3 Å². The Morgan fingerprint density at radius 3 is 2.72 bits per heavy atom. The van der Waals surface area contributed by atoms with Crippen molar-refractivity contribution in [1.82, 2.24) is 0 Å². The Kier molecular flexibility index (Phi) is 3.94. The van der Waals surface area contributed by atoms with Gasteiger partial charge in [0.2, 0.25) is 0 Å². The van der Waals surface area contributed by atoms with Crippen LogP contribution in [0.15, 0.2) is 29.4 Å². The number of hydrogen-bond donors (Lipinski definition) is 2. The second kappa shape index (κ2) is 5.64. The zero-order chi connectivity index (χ0) is 13.0. The molecule has 0 bridgehead atoms. The van der Waals surface area contributed by atoms with Gasteiger partial charge < -0.3 is 15.3 Å². The monoisotopic (exact) mass is 248 g/mol. The van der Waals surface area contributed by atoms with Gasteiger partial charge in [-0.1, -0.05) is 17.3 Å². The summed E-state index contributed by atoms with van der Waals surface area (Å²) in [5, 5.41) is 14.6. The molecule has 0 saturated carbocycles. The van der Waals surface area contributed by atoms with E-state index in [-0.39, 0.29) is 12.0 Å². The van der Waals surface area contributed by atoms with Gasteiger partial charge in [-0.2, -0.15) is 0 Å². The van der Waals surface area contributed by atoms with Crippen molar-refractivity contribution >= 4 is 17.3 Å². The van der Waals surface area contributed by atoms with E-state index in [0.717, 1.165) is 18.4 Å². The minimum Gasteiger partial charge on any atom is -0.411 e. The smallest absolute Gasteiger partial charge is 0.253 e. The van der Waals surface area contributed by atoms with E-state index in [1.54, 1.807) is 31.2 Å². The van der Waals surface area contributed by atoms with Crippen molar-refractivity contribution in [2.24, 2.45) is 5.16 Å². The Hall–Kier alpha value is -1.88. The summed E-state index contributed by atoms with van der Waals surface area (Å²) >= 11 is 0. The quantitative estimate of drug-likeness (QED) is 0.488. The summed E-state index contributed by atoms with van der Waals surface area (Å²) < 4.78 is 5.30. The Morgan fingerprint density at radius 2 is 2.17 bits per heavy atom. The highest BCUT2D eigenvalue weighted by Gasteiger charge is 2.23. The maximum Gasteiger partial charge on any atom is 0.253 e. The number of nitrogens with one attached hydrogen (secondary N) is 1. The van der Waals surface area contributed by atoms with Crippen molar-refractivity contribution < 1.29 is 14.7 Å². The molecular formula is C13H16N2O3. The summed E-state index contributed by atoms with van der Waals surface area (Å²) in [5.41, 5.74) is 2.06. The topological polar surface area (TPSA) is 70.9 Å². The number of carbonyl (C=O) groups excluding carboxylic acids is 1. The molecule has 1 aliphatic heterocycles. The third-order valence-corrected chi connectivity index (χ3v) is 2.94. The first-order valence-electron chi connectivity index (χ1n) is 5.92. The van der Waals surface area contributed by atoms with Crippen LogP contribution in [0.1, 0.15) is 25.3 Å². The SMILES string of the molecule is C/C(=N\O)c1ccc(NC(=O)C2CCCO2)cc1. The van der Waals surface area contributed by atoms with Crippen molar-refractivity contribution in [3.05, 3.63) is 29.8 Å². The fraction of sp³-hybridized carbons (Fsp3) is 0.385. The number of ether oxygens (including phenoxy) is 1. The molecule has 0 spiro atoms. The minimum atomic E-state index is -0.328. The van der Waals surface area contributed by atoms with Gasteiger partial charge in [0.05, 0.1) is 5.71 Å². The predicted molar refractivity (Wildman–Crippen MR) is 68.0 cm³/mol. The van der Waals surface area contributed by atoms with E-state index in [9.17, 15) is 4.79 Å². The van der Waals surface area contributed by atoms with E-state index in [4.69, 9.17) is 9.94 Å². The molecule has 0 radical (unpaired) electrons. The van der Waals surface area contributed by atoms with Crippen LogP contribution < -0.4 is 5.32 Å². The Morgan fingerprint density at radius 1 is 1.44 bits per heavy atom. The largest absolute Gasteiger partial charge is 0.411 e. The normalized spacial score (nSPS) is 19.8. The van der Waals surface area contributed by atoms with Crippen molar-refractivity contribution in [3.63, 3.8) is 0 Å². The van der Waals surface area contributed by atoms with Gasteiger partial charge in [-0.3, -0.25) is 4.79 Å². The molecule has 1 atom stereocenters. The van der Waals surface area contributed by atoms with Gasteiger partial charge in [0.25, 0.3) is 5.91 Å². The molecule has 18 heavy (non-hydrogen) atoms. The molecule has 1 aromatic rings. The second-order valence-corrected chi connectivity index (χ2v) is 4.25. The molecule has 96 valence electrons. The summed E-state index contributed by atoms with van der Waals surface area (Å²) in [6.45, 7) is 2.36. The molecule has 1 unspecified atom stereocenters. The van der Waals surface area contributed by atoms with Gasteiger partial charge in [0.15, 0.2) is 0 Å². The maximum absolute atomic E-state index is 11.8. The highest BCUT2D eigenvalue weighted by atomic mass is 16.5. The number of anilines is 1. The fourth-order valence-electron chi connectivity index (χ4n) is 1.86. The summed E-state index contributed by atoms with van der Waals surface area (Å²) in [6, 6.07) is 7.13. The van der Waals surface area contributed by atoms with Crippen LogP contribution in [0.3, 0.4) is 0 Å². The lowest BCUT2D eigenvalue weighted by molar-refractivity contribution is -0.124. The first-order chi connectivity index (χ1) is 8.70. The molecule has 5 nitrogen and oxygen atoms in total. The highest BCUT2D eigenvalue weighted by Crippen LogP contribution is 2.16. The first kappa shape index (κ1) is 12.6. The van der Waals surface area contributed by atoms with Crippen molar-refractivity contribution in [2.75, 3.05) is 11.9 Å². The molecule has 1 amide bonds. The Labute approximate surface area is 105 Å². The Balaban J connectivity index is 1.99. The number of rotatable bonds is 3.